The maximum atomic E-state index is 12.3. The second-order valence-electron chi connectivity index (χ2n) is 8.28. The van der Waals surface area contributed by atoms with Crippen LogP contribution in [0.4, 0.5) is 0 Å². The Kier molecular flexibility index (Phi) is 11.2. The second-order valence-corrected chi connectivity index (χ2v) is 8.28. The molecule has 2 aromatic carbocycles. The summed E-state index contributed by atoms with van der Waals surface area (Å²) in [5.74, 6) is 0.594. The molecule has 3 aromatic rings. The highest BCUT2D eigenvalue weighted by Crippen LogP contribution is 2.29. The number of carbonyl (C=O) groups excluding carboxylic acids is 2. The van der Waals surface area contributed by atoms with Crippen molar-refractivity contribution in [1.82, 2.24) is 15.0 Å². The van der Waals surface area contributed by atoms with Crippen LogP contribution in [-0.2, 0) is 27.5 Å². The SMILES string of the molecule is COc1cc(/C=C/C(=O)CC(=O)/C=C/c2ccc(OCc3cn(CCOCCN)nn3)c(OC)c2)ccc1O. The van der Waals surface area contributed by atoms with Crippen LogP contribution in [-0.4, -0.2) is 65.6 Å². The van der Waals surface area contributed by atoms with Crippen LogP contribution >= 0.6 is 0 Å². The molecule has 11 nitrogen and oxygen atoms in total. The van der Waals surface area contributed by atoms with E-state index in [1.54, 1.807) is 53.4 Å². The van der Waals surface area contributed by atoms with Gasteiger partial charge in [-0.05, 0) is 47.5 Å². The van der Waals surface area contributed by atoms with Crippen LogP contribution in [0, 0.1) is 0 Å². The molecule has 0 aliphatic rings. The summed E-state index contributed by atoms with van der Waals surface area (Å²) in [5, 5.41) is 17.8. The highest BCUT2D eigenvalue weighted by atomic mass is 16.5. The average molecular weight is 537 g/mol. The molecule has 0 saturated carbocycles. The van der Waals surface area contributed by atoms with Crippen LogP contribution < -0.4 is 19.9 Å². The van der Waals surface area contributed by atoms with E-state index >= 15 is 0 Å². The third-order valence-corrected chi connectivity index (χ3v) is 5.35. The number of phenols is 1. The van der Waals surface area contributed by atoms with Crippen molar-refractivity contribution in [2.75, 3.05) is 34.0 Å². The number of hydrogen-bond donors (Lipinski definition) is 2. The number of nitrogens with zero attached hydrogens (tertiary/aromatic N) is 3. The van der Waals surface area contributed by atoms with Crippen molar-refractivity contribution in [3.8, 4) is 23.0 Å². The molecule has 0 aliphatic heterocycles. The Labute approximate surface area is 226 Å². The number of aromatic hydroxyl groups is 1. The molecule has 0 amide bonds. The first-order valence-electron chi connectivity index (χ1n) is 12.2. The molecule has 3 N–H and O–H groups in total. The smallest absolute Gasteiger partial charge is 0.163 e. The van der Waals surface area contributed by atoms with Crippen LogP contribution in [0.3, 0.4) is 0 Å². The number of carbonyl (C=O) groups is 2. The van der Waals surface area contributed by atoms with Gasteiger partial charge in [0, 0.05) is 6.54 Å². The summed E-state index contributed by atoms with van der Waals surface area (Å²) in [5.41, 5.74) is 7.41. The minimum absolute atomic E-state index is 0.00254. The van der Waals surface area contributed by atoms with E-state index in [0.717, 1.165) is 0 Å². The monoisotopic (exact) mass is 536 g/mol. The van der Waals surface area contributed by atoms with Crippen molar-refractivity contribution in [3.63, 3.8) is 0 Å². The minimum atomic E-state index is -0.349. The highest BCUT2D eigenvalue weighted by molar-refractivity contribution is 6.10. The largest absolute Gasteiger partial charge is 0.504 e. The first kappa shape index (κ1) is 29.1. The van der Waals surface area contributed by atoms with Crippen LogP contribution in [0.2, 0.25) is 0 Å². The van der Waals surface area contributed by atoms with Gasteiger partial charge < -0.3 is 29.8 Å². The summed E-state index contributed by atoms with van der Waals surface area (Å²) in [6.07, 6.45) is 7.33. The zero-order valence-corrected chi connectivity index (χ0v) is 21.9. The molecule has 0 aliphatic carbocycles. The number of hydrogen-bond acceptors (Lipinski definition) is 10. The van der Waals surface area contributed by atoms with E-state index in [1.807, 2.05) is 0 Å². The number of ether oxygens (including phenoxy) is 4. The van der Waals surface area contributed by atoms with Gasteiger partial charge in [0.1, 0.15) is 12.3 Å². The predicted molar refractivity (Wildman–Crippen MR) is 145 cm³/mol. The zero-order chi connectivity index (χ0) is 28.0. The van der Waals surface area contributed by atoms with Crippen LogP contribution in [0.15, 0.2) is 54.7 Å². The van der Waals surface area contributed by atoms with Gasteiger partial charge in [0.15, 0.2) is 34.6 Å². The summed E-state index contributed by atoms with van der Waals surface area (Å²) >= 11 is 0. The molecule has 1 heterocycles. The van der Waals surface area contributed by atoms with Gasteiger partial charge in [-0.25, -0.2) is 4.68 Å². The van der Waals surface area contributed by atoms with Gasteiger partial charge in [0.2, 0.25) is 0 Å². The first-order chi connectivity index (χ1) is 18.9. The number of ketones is 2. The lowest BCUT2D eigenvalue weighted by Gasteiger charge is -2.10. The Bertz CT molecular complexity index is 1320. The molecule has 1 aromatic heterocycles. The number of aromatic nitrogens is 3. The number of phenolic OH excluding ortho intramolecular Hbond substituents is 1. The lowest BCUT2D eigenvalue weighted by atomic mass is 10.1. The third kappa shape index (κ3) is 9.40. The van der Waals surface area contributed by atoms with E-state index in [4.69, 9.17) is 24.7 Å². The lowest BCUT2D eigenvalue weighted by molar-refractivity contribution is -0.121. The number of rotatable bonds is 16. The van der Waals surface area contributed by atoms with Gasteiger partial charge >= 0.3 is 0 Å². The van der Waals surface area contributed by atoms with Crippen molar-refractivity contribution in [2.24, 2.45) is 5.73 Å². The van der Waals surface area contributed by atoms with E-state index in [9.17, 15) is 14.7 Å². The van der Waals surface area contributed by atoms with Crippen molar-refractivity contribution < 1.29 is 33.6 Å². The minimum Gasteiger partial charge on any atom is -0.504 e. The standard InChI is InChI=1S/C28H32N4O7/c1-36-27-15-20(5-9-25(27)35)3-7-23(33)17-24(34)8-4-21-6-10-26(28(16-21)37-2)39-19-22-18-32(31-30-22)12-14-38-13-11-29/h3-10,15-16,18,35H,11-14,17,19,29H2,1-2H3/b7-3+,8-4+. The van der Waals surface area contributed by atoms with E-state index in [-0.39, 0.29) is 30.3 Å². The molecule has 0 fully saturated rings. The summed E-state index contributed by atoms with van der Waals surface area (Å²) in [6, 6.07) is 9.92. The molecule has 0 spiro atoms. The number of methoxy groups -OCH3 is 2. The predicted octanol–water partition coefficient (Wildman–Crippen LogP) is 2.81. The van der Waals surface area contributed by atoms with Crippen molar-refractivity contribution in [1.29, 1.82) is 0 Å². The molecule has 3 rings (SSSR count). The fraction of sp³-hybridized carbons (Fsp3) is 0.286. The summed E-state index contributed by atoms with van der Waals surface area (Å²) in [4.78, 5) is 24.5. The maximum Gasteiger partial charge on any atom is 0.163 e. The molecule has 0 radical (unpaired) electrons. The van der Waals surface area contributed by atoms with E-state index in [2.05, 4.69) is 10.3 Å². The van der Waals surface area contributed by atoms with E-state index in [1.165, 1.54) is 32.4 Å². The number of allylic oxidation sites excluding steroid dienone is 2. The Hall–Kier alpha value is -4.48. The van der Waals surface area contributed by atoms with Gasteiger partial charge in [0.05, 0.1) is 46.6 Å². The van der Waals surface area contributed by atoms with Crippen LogP contribution in [0.5, 0.6) is 23.0 Å². The Balaban J connectivity index is 1.51. The molecule has 11 heteroatoms. The van der Waals surface area contributed by atoms with Crippen molar-refractivity contribution in [2.45, 2.75) is 19.6 Å². The summed E-state index contributed by atoms with van der Waals surface area (Å²) in [6.45, 7) is 2.22. The Morgan fingerprint density at radius 1 is 0.949 bits per heavy atom. The number of nitrogens with two attached hydrogens (primary N) is 1. The first-order valence-corrected chi connectivity index (χ1v) is 12.2. The molecule has 39 heavy (non-hydrogen) atoms. The number of benzene rings is 2. The molecule has 0 unspecified atom stereocenters. The van der Waals surface area contributed by atoms with Gasteiger partial charge in [-0.3, -0.25) is 9.59 Å². The van der Waals surface area contributed by atoms with Crippen LogP contribution in [0.25, 0.3) is 12.2 Å². The second kappa shape index (κ2) is 15.1. The van der Waals surface area contributed by atoms with E-state index < -0.39 is 0 Å². The van der Waals surface area contributed by atoms with Gasteiger partial charge in [-0.2, -0.15) is 0 Å². The zero-order valence-electron chi connectivity index (χ0n) is 21.9. The Morgan fingerprint density at radius 2 is 1.62 bits per heavy atom. The lowest BCUT2D eigenvalue weighted by Crippen LogP contribution is -2.12. The van der Waals surface area contributed by atoms with Gasteiger partial charge in [-0.1, -0.05) is 29.5 Å². The normalized spacial score (nSPS) is 11.3. The van der Waals surface area contributed by atoms with E-state index in [0.29, 0.717) is 60.4 Å². The third-order valence-electron chi connectivity index (χ3n) is 5.35. The molecule has 0 saturated heterocycles. The maximum absolute atomic E-state index is 12.3. The molecule has 206 valence electrons. The Morgan fingerprint density at radius 3 is 2.28 bits per heavy atom. The molecular formula is C28H32N4O7. The van der Waals surface area contributed by atoms with Crippen molar-refractivity contribution >= 4 is 23.7 Å². The molecular weight excluding hydrogens is 504 g/mol. The highest BCUT2D eigenvalue weighted by Gasteiger charge is 2.09. The van der Waals surface area contributed by atoms with Gasteiger partial charge in [0.25, 0.3) is 0 Å². The fourth-order valence-electron chi connectivity index (χ4n) is 3.38. The molecule has 0 atom stereocenters. The quantitative estimate of drug-likeness (QED) is 0.159. The molecule has 0 bridgehead atoms. The van der Waals surface area contributed by atoms with Crippen LogP contribution in [0.1, 0.15) is 23.2 Å². The topological polar surface area (TPSA) is 148 Å². The average Bonchev–Trinajstić information content (AvgIpc) is 3.40. The summed E-state index contributed by atoms with van der Waals surface area (Å²) in [7, 11) is 2.96. The van der Waals surface area contributed by atoms with Gasteiger partial charge in [-0.15, -0.1) is 5.10 Å². The summed E-state index contributed by atoms with van der Waals surface area (Å²) < 4.78 is 23.3. The van der Waals surface area contributed by atoms with Crippen molar-refractivity contribution in [3.05, 3.63) is 71.6 Å². The fourth-order valence-corrected chi connectivity index (χ4v) is 3.38.